The molecule has 0 saturated heterocycles. The van der Waals surface area contributed by atoms with Crippen LogP contribution >= 0.6 is 23.2 Å². The number of amides is 2. The number of carbonyl (C=O) groups excluding carboxylic acids is 2. The van der Waals surface area contributed by atoms with E-state index < -0.39 is 22.1 Å². The van der Waals surface area contributed by atoms with Crippen LogP contribution in [0.15, 0.2) is 76.7 Å². The van der Waals surface area contributed by atoms with E-state index in [9.17, 15) is 23.1 Å². The molecule has 2 amide bonds. The maximum Gasteiger partial charge on any atom is 0.294 e. The maximum atomic E-state index is 13.1. The van der Waals surface area contributed by atoms with Crippen molar-refractivity contribution >= 4 is 50.8 Å². The fourth-order valence-electron chi connectivity index (χ4n) is 4.59. The van der Waals surface area contributed by atoms with Crippen LogP contribution in [0, 0.1) is 0 Å². The second-order valence-electron chi connectivity index (χ2n) is 8.95. The lowest BCUT2D eigenvalue weighted by Crippen LogP contribution is -2.34. The molecule has 9 nitrogen and oxygen atoms in total. The molecule has 1 aliphatic carbocycles. The van der Waals surface area contributed by atoms with E-state index in [0.29, 0.717) is 32.6 Å². The van der Waals surface area contributed by atoms with Crippen LogP contribution in [0.4, 0.5) is 0 Å². The van der Waals surface area contributed by atoms with Gasteiger partial charge >= 0.3 is 0 Å². The molecule has 12 heteroatoms. The third kappa shape index (κ3) is 5.41. The van der Waals surface area contributed by atoms with Gasteiger partial charge in [0.05, 0.1) is 33.5 Å². The highest BCUT2D eigenvalue weighted by Crippen LogP contribution is 2.41. The van der Waals surface area contributed by atoms with E-state index >= 15 is 0 Å². The van der Waals surface area contributed by atoms with Gasteiger partial charge in [0.1, 0.15) is 0 Å². The second-order valence-corrected chi connectivity index (χ2v) is 11.2. The second kappa shape index (κ2) is 10.5. The van der Waals surface area contributed by atoms with Crippen molar-refractivity contribution in [3.8, 4) is 17.1 Å². The number of hydrogen-bond acceptors (Lipinski definition) is 5. The Labute approximate surface area is 233 Å². The summed E-state index contributed by atoms with van der Waals surface area (Å²) in [6.07, 6.45) is 4.17. The zero-order valence-electron chi connectivity index (χ0n) is 20.1. The van der Waals surface area contributed by atoms with Crippen molar-refractivity contribution in [2.75, 3.05) is 0 Å². The van der Waals surface area contributed by atoms with Gasteiger partial charge in [-0.05, 0) is 42.3 Å². The molecule has 0 saturated carbocycles. The predicted molar refractivity (Wildman–Crippen MR) is 148 cm³/mol. The summed E-state index contributed by atoms with van der Waals surface area (Å²) >= 11 is 12.1. The van der Waals surface area contributed by atoms with Gasteiger partial charge in [-0.25, -0.2) is 4.99 Å². The summed E-state index contributed by atoms with van der Waals surface area (Å²) in [6.45, 7) is 0.0341. The van der Waals surface area contributed by atoms with Crippen LogP contribution in [-0.4, -0.2) is 46.2 Å². The topological polar surface area (TPSA) is 138 Å². The highest BCUT2D eigenvalue weighted by Gasteiger charge is 2.36. The Balaban J connectivity index is 1.44. The number of halogens is 2. The summed E-state index contributed by atoms with van der Waals surface area (Å²) < 4.78 is 33.2. The minimum absolute atomic E-state index is 0.0341. The molecule has 0 fully saturated rings. The fraction of sp³-hybridized carbons (Fsp3) is 0.148. The van der Waals surface area contributed by atoms with E-state index in [2.05, 4.69) is 10.3 Å². The Morgan fingerprint density at radius 2 is 1.64 bits per heavy atom. The molecule has 0 radical (unpaired) electrons. The van der Waals surface area contributed by atoms with E-state index in [1.54, 1.807) is 48.5 Å². The van der Waals surface area contributed by atoms with Crippen LogP contribution in [0.3, 0.4) is 0 Å². The van der Waals surface area contributed by atoms with E-state index in [1.165, 1.54) is 22.8 Å². The molecule has 1 atom stereocenters. The van der Waals surface area contributed by atoms with Crippen LogP contribution in [0.2, 0.25) is 10.0 Å². The van der Waals surface area contributed by atoms with Crippen LogP contribution in [0.5, 0.6) is 5.88 Å². The Morgan fingerprint density at radius 1 is 1.03 bits per heavy atom. The van der Waals surface area contributed by atoms with Crippen molar-refractivity contribution in [1.82, 2.24) is 9.88 Å². The lowest BCUT2D eigenvalue weighted by atomic mass is 10.0. The summed E-state index contributed by atoms with van der Waals surface area (Å²) in [7, 11) is -4.31. The van der Waals surface area contributed by atoms with Gasteiger partial charge in [-0.15, -0.1) is 0 Å². The largest absolute Gasteiger partial charge is 0.494 e. The number of aromatic nitrogens is 1. The van der Waals surface area contributed by atoms with E-state index in [4.69, 9.17) is 27.8 Å². The van der Waals surface area contributed by atoms with Gasteiger partial charge in [-0.1, -0.05) is 59.6 Å². The average molecular weight is 586 g/mol. The lowest BCUT2D eigenvalue weighted by molar-refractivity contribution is -0.121. The molecule has 2 aromatic carbocycles. The van der Waals surface area contributed by atoms with Gasteiger partial charge in [-0.2, -0.15) is 8.42 Å². The maximum absolute atomic E-state index is 13.1. The van der Waals surface area contributed by atoms with Gasteiger partial charge in [0, 0.05) is 28.6 Å². The number of carbonyl (C=O) groups is 2. The van der Waals surface area contributed by atoms with Crippen molar-refractivity contribution < 1.29 is 27.7 Å². The minimum Gasteiger partial charge on any atom is -0.494 e. The van der Waals surface area contributed by atoms with E-state index in [1.807, 2.05) is 0 Å². The Morgan fingerprint density at radius 3 is 2.21 bits per heavy atom. The van der Waals surface area contributed by atoms with Crippen molar-refractivity contribution in [3.05, 3.63) is 98.4 Å². The molecule has 3 N–H and O–H groups in total. The predicted octanol–water partition coefficient (Wildman–Crippen LogP) is 4.77. The Bertz CT molecular complexity index is 1690. The molecule has 1 aromatic heterocycles. The minimum atomic E-state index is -4.31. The summed E-state index contributed by atoms with van der Waals surface area (Å²) in [5.41, 5.74) is 2.40. The average Bonchev–Trinajstić information content (AvgIpc) is 3.38. The summed E-state index contributed by atoms with van der Waals surface area (Å²) in [6, 6.07) is 13.0. The number of aromatic hydroxyl groups is 1. The molecule has 3 aromatic rings. The molecule has 5 rings (SSSR count). The first kappa shape index (κ1) is 26.9. The monoisotopic (exact) mass is 585 g/mol. The zero-order chi connectivity index (χ0) is 27.9. The quantitative estimate of drug-likeness (QED) is 0.341. The fourth-order valence-corrected chi connectivity index (χ4v) is 5.39. The van der Waals surface area contributed by atoms with Crippen molar-refractivity contribution in [2.45, 2.75) is 25.4 Å². The number of hydrogen-bond donors (Lipinski definition) is 3. The number of rotatable bonds is 7. The van der Waals surface area contributed by atoms with Crippen LogP contribution in [0.1, 0.15) is 34.3 Å². The number of fused-ring (bicyclic) bond motifs is 1. The molecule has 2 aliphatic rings. The Kier molecular flexibility index (Phi) is 7.21. The van der Waals surface area contributed by atoms with Gasteiger partial charge in [-0.3, -0.25) is 14.1 Å². The molecular weight excluding hydrogens is 565 g/mol. The third-order valence-corrected chi connectivity index (χ3v) is 7.81. The molecule has 200 valence electrons. The highest BCUT2D eigenvalue weighted by atomic mass is 35.5. The first-order valence-electron chi connectivity index (χ1n) is 11.8. The third-order valence-electron chi connectivity index (χ3n) is 6.41. The molecule has 39 heavy (non-hydrogen) atoms. The van der Waals surface area contributed by atoms with Gasteiger partial charge < -0.3 is 15.0 Å². The van der Waals surface area contributed by atoms with Crippen LogP contribution in [0.25, 0.3) is 11.3 Å². The van der Waals surface area contributed by atoms with E-state index in [0.717, 1.165) is 0 Å². The summed E-state index contributed by atoms with van der Waals surface area (Å²) in [5.74, 6) is -1.09. The number of nitrogens with zero attached hydrogens (tertiary/aromatic N) is 2. The standard InChI is InChI=1S/C27H21Cl2N3O6S/c28-17-5-1-15(2-6-17)24-22-23(26(34)31-24)25(16-3-7-18(29)8-4-16)32(27(22)35)14-13-21(33)30-19-9-11-20(12-10-19)39(36,37)38/h1-9,11-12,19,35H,10,13-14H2,(H,30,33)(H,36,37,38). The number of nitrogens with one attached hydrogen (secondary N) is 1. The molecule has 0 spiro atoms. The summed E-state index contributed by atoms with van der Waals surface area (Å²) in [4.78, 5) is 29.9. The normalized spacial score (nSPS) is 16.6. The number of allylic oxidation sites excluding steroid dienone is 1. The Hall–Kier alpha value is -3.70. The number of benzene rings is 2. The van der Waals surface area contributed by atoms with Gasteiger partial charge in [0.2, 0.25) is 11.8 Å². The zero-order valence-corrected chi connectivity index (χ0v) is 22.5. The first-order chi connectivity index (χ1) is 18.5. The molecule has 1 unspecified atom stereocenters. The first-order valence-corrected chi connectivity index (χ1v) is 14.0. The van der Waals surface area contributed by atoms with Gasteiger partial charge in [0.15, 0.2) is 0 Å². The number of aliphatic imine (C=N–C) groups is 1. The molecular formula is C27H21Cl2N3O6S. The van der Waals surface area contributed by atoms with Crippen LogP contribution < -0.4 is 5.32 Å². The smallest absolute Gasteiger partial charge is 0.294 e. The van der Waals surface area contributed by atoms with Crippen LogP contribution in [-0.2, 0) is 21.5 Å². The van der Waals surface area contributed by atoms with Crippen molar-refractivity contribution in [1.29, 1.82) is 0 Å². The highest BCUT2D eigenvalue weighted by molar-refractivity contribution is 7.90. The SMILES string of the molecule is O=C(CCn1c(O)c2c(c1-c1ccc(Cl)cc1)C(=O)N=C2c1ccc(Cl)cc1)NC1C=CC(S(=O)(=O)O)=CC1. The van der Waals surface area contributed by atoms with Gasteiger partial charge in [0.25, 0.3) is 16.0 Å². The van der Waals surface area contributed by atoms with E-state index in [-0.39, 0.29) is 47.2 Å². The van der Waals surface area contributed by atoms with Crippen molar-refractivity contribution in [3.63, 3.8) is 0 Å². The molecule has 1 aliphatic heterocycles. The molecule has 0 bridgehead atoms. The lowest BCUT2D eigenvalue weighted by Gasteiger charge is -2.18. The van der Waals surface area contributed by atoms with Crippen molar-refractivity contribution in [2.24, 2.45) is 4.99 Å². The summed E-state index contributed by atoms with van der Waals surface area (Å²) in [5, 5.41) is 15.1. The molecule has 2 heterocycles.